The van der Waals surface area contributed by atoms with Crippen molar-refractivity contribution in [2.24, 2.45) is 0 Å². The van der Waals surface area contributed by atoms with Crippen LogP contribution in [0.25, 0.3) is 5.69 Å². The topological polar surface area (TPSA) is 65.4 Å². The highest BCUT2D eigenvalue weighted by Crippen LogP contribution is 2.42. The molecule has 0 aliphatic carbocycles. The lowest BCUT2D eigenvalue weighted by Crippen LogP contribution is -2.25. The number of carbonyl (C=O) groups excluding carboxylic acids is 1. The summed E-state index contributed by atoms with van der Waals surface area (Å²) in [6.07, 6.45) is 0.814. The molecule has 2 aromatic carbocycles. The molecule has 8 heteroatoms. The summed E-state index contributed by atoms with van der Waals surface area (Å²) in [4.78, 5) is 12.8. The highest BCUT2D eigenvalue weighted by atomic mass is 35.5. The summed E-state index contributed by atoms with van der Waals surface area (Å²) in [7, 11) is 0. The molecule has 0 saturated carbocycles. The first-order chi connectivity index (χ1) is 14.9. The standard InChI is InChI=1S/C23H22ClN3O3S/c1-23(2)10-14-5-3-8-19(21(14)30-23)29-11-20(28)25-22-17-12-31-13-18(17)26-27(22)16-7-4-6-15(24)9-16/h3-9H,10-13H2,1-2H3,(H,25,28). The van der Waals surface area contributed by atoms with Crippen molar-refractivity contribution in [2.75, 3.05) is 11.9 Å². The number of carbonyl (C=O) groups is 1. The van der Waals surface area contributed by atoms with Gasteiger partial charge in [0.1, 0.15) is 11.4 Å². The molecule has 0 spiro atoms. The minimum Gasteiger partial charge on any atom is -0.483 e. The van der Waals surface area contributed by atoms with Crippen molar-refractivity contribution in [2.45, 2.75) is 37.4 Å². The molecule has 0 saturated heterocycles. The van der Waals surface area contributed by atoms with Crippen LogP contribution in [0.2, 0.25) is 5.02 Å². The SMILES string of the molecule is CC1(C)Cc2cccc(OCC(=O)Nc3c4c(nn3-c3cccc(Cl)c3)CSC4)c2O1. The second-order valence-corrected chi connectivity index (χ2v) is 9.70. The van der Waals surface area contributed by atoms with E-state index in [4.69, 9.17) is 26.2 Å². The summed E-state index contributed by atoms with van der Waals surface area (Å²) < 4.78 is 13.6. The number of hydrogen-bond acceptors (Lipinski definition) is 5. The number of nitrogens with zero attached hydrogens (tertiary/aromatic N) is 2. The van der Waals surface area contributed by atoms with Gasteiger partial charge in [-0.25, -0.2) is 4.68 Å². The van der Waals surface area contributed by atoms with Crippen molar-refractivity contribution in [1.82, 2.24) is 9.78 Å². The van der Waals surface area contributed by atoms with Crippen molar-refractivity contribution in [3.05, 3.63) is 64.3 Å². The maximum atomic E-state index is 12.8. The minimum atomic E-state index is -0.272. The van der Waals surface area contributed by atoms with E-state index in [-0.39, 0.29) is 18.1 Å². The third-order valence-corrected chi connectivity index (χ3v) is 6.48. The van der Waals surface area contributed by atoms with E-state index in [1.807, 2.05) is 56.3 Å². The van der Waals surface area contributed by atoms with Gasteiger partial charge in [-0.2, -0.15) is 16.9 Å². The van der Waals surface area contributed by atoms with E-state index in [1.54, 1.807) is 16.4 Å². The van der Waals surface area contributed by atoms with Gasteiger partial charge in [-0.05, 0) is 38.1 Å². The van der Waals surface area contributed by atoms with Crippen molar-refractivity contribution < 1.29 is 14.3 Å². The fraction of sp³-hybridized carbons (Fsp3) is 0.304. The third kappa shape index (κ3) is 4.00. The summed E-state index contributed by atoms with van der Waals surface area (Å²) in [6, 6.07) is 13.2. The van der Waals surface area contributed by atoms with Gasteiger partial charge in [-0.3, -0.25) is 4.79 Å². The quantitative estimate of drug-likeness (QED) is 0.586. The molecule has 0 unspecified atom stereocenters. The highest BCUT2D eigenvalue weighted by molar-refractivity contribution is 7.98. The number of fused-ring (bicyclic) bond motifs is 2. The van der Waals surface area contributed by atoms with Gasteiger partial charge in [0.2, 0.25) is 0 Å². The first-order valence-electron chi connectivity index (χ1n) is 10.1. The van der Waals surface area contributed by atoms with Gasteiger partial charge in [0.05, 0.1) is 11.4 Å². The summed E-state index contributed by atoms with van der Waals surface area (Å²) in [5.41, 5.74) is 3.66. The summed E-state index contributed by atoms with van der Waals surface area (Å²) in [6.45, 7) is 3.96. The smallest absolute Gasteiger partial charge is 0.263 e. The highest BCUT2D eigenvalue weighted by Gasteiger charge is 2.32. The molecule has 0 radical (unpaired) electrons. The number of amides is 1. The number of nitrogens with one attached hydrogen (secondary N) is 1. The molecule has 0 atom stereocenters. The Bertz CT molecular complexity index is 1170. The molecule has 2 aliphatic rings. The monoisotopic (exact) mass is 455 g/mol. The first kappa shape index (κ1) is 20.3. The number of aromatic nitrogens is 2. The molecular weight excluding hydrogens is 434 g/mol. The Morgan fingerprint density at radius 3 is 2.97 bits per heavy atom. The molecule has 1 aromatic heterocycles. The molecule has 31 heavy (non-hydrogen) atoms. The van der Waals surface area contributed by atoms with Crippen molar-refractivity contribution >= 4 is 35.1 Å². The van der Waals surface area contributed by atoms with Crippen molar-refractivity contribution in [3.63, 3.8) is 0 Å². The molecule has 0 bridgehead atoms. The largest absolute Gasteiger partial charge is 0.483 e. The van der Waals surface area contributed by atoms with Crippen LogP contribution in [0.5, 0.6) is 11.5 Å². The maximum absolute atomic E-state index is 12.8. The zero-order chi connectivity index (χ0) is 21.6. The van der Waals surface area contributed by atoms with Crippen LogP contribution >= 0.6 is 23.4 Å². The maximum Gasteiger partial charge on any atom is 0.263 e. The number of para-hydroxylation sites is 1. The van der Waals surface area contributed by atoms with Crippen molar-refractivity contribution in [1.29, 1.82) is 0 Å². The number of anilines is 1. The van der Waals surface area contributed by atoms with Gasteiger partial charge in [-0.1, -0.05) is 29.8 Å². The van der Waals surface area contributed by atoms with E-state index in [0.717, 1.165) is 46.2 Å². The molecule has 3 heterocycles. The van der Waals surface area contributed by atoms with Gasteiger partial charge >= 0.3 is 0 Å². The number of halogens is 1. The number of hydrogen-bond donors (Lipinski definition) is 1. The Balaban J connectivity index is 1.35. The Hall–Kier alpha value is -2.64. The average molecular weight is 456 g/mol. The molecule has 160 valence electrons. The molecule has 3 aromatic rings. The van der Waals surface area contributed by atoms with Crippen LogP contribution in [-0.4, -0.2) is 27.9 Å². The summed E-state index contributed by atoms with van der Waals surface area (Å²) in [5, 5.41) is 8.32. The van der Waals surface area contributed by atoms with Gasteiger partial charge in [0.25, 0.3) is 5.91 Å². The zero-order valence-corrected chi connectivity index (χ0v) is 18.8. The van der Waals surface area contributed by atoms with E-state index in [1.165, 1.54) is 0 Å². The normalized spacial score (nSPS) is 15.8. The Kier molecular flexibility index (Phi) is 5.10. The molecule has 1 N–H and O–H groups in total. The number of thioether (sulfide) groups is 1. The Morgan fingerprint density at radius 2 is 2.13 bits per heavy atom. The minimum absolute atomic E-state index is 0.122. The van der Waals surface area contributed by atoms with Gasteiger partial charge < -0.3 is 14.8 Å². The van der Waals surface area contributed by atoms with E-state index >= 15 is 0 Å². The van der Waals surface area contributed by atoms with Crippen LogP contribution in [0.4, 0.5) is 5.82 Å². The van der Waals surface area contributed by atoms with E-state index in [9.17, 15) is 4.79 Å². The van der Waals surface area contributed by atoms with E-state index in [0.29, 0.717) is 16.6 Å². The Labute approximate surface area is 189 Å². The van der Waals surface area contributed by atoms with Gasteiger partial charge in [-0.15, -0.1) is 0 Å². The van der Waals surface area contributed by atoms with Gasteiger partial charge in [0, 0.05) is 34.1 Å². The third-order valence-electron chi connectivity index (χ3n) is 5.28. The second kappa shape index (κ2) is 7.80. The molecule has 2 aliphatic heterocycles. The molecule has 6 nitrogen and oxygen atoms in total. The van der Waals surface area contributed by atoms with Crippen LogP contribution in [-0.2, 0) is 22.7 Å². The number of rotatable bonds is 5. The first-order valence-corrected chi connectivity index (χ1v) is 11.6. The number of benzene rings is 2. The Morgan fingerprint density at radius 1 is 1.29 bits per heavy atom. The van der Waals surface area contributed by atoms with Crippen LogP contribution < -0.4 is 14.8 Å². The van der Waals surface area contributed by atoms with E-state index in [2.05, 4.69) is 5.32 Å². The molecule has 5 rings (SSSR count). The lowest BCUT2D eigenvalue weighted by atomic mass is 10.0. The van der Waals surface area contributed by atoms with Crippen LogP contribution in [0.1, 0.15) is 30.7 Å². The predicted molar refractivity (Wildman–Crippen MR) is 123 cm³/mol. The zero-order valence-electron chi connectivity index (χ0n) is 17.3. The predicted octanol–water partition coefficient (Wildman–Crippen LogP) is 5.00. The molecule has 0 fully saturated rings. The van der Waals surface area contributed by atoms with Crippen LogP contribution in [0, 0.1) is 0 Å². The summed E-state index contributed by atoms with van der Waals surface area (Å²) >= 11 is 7.95. The molecule has 1 amide bonds. The molecular formula is C23H22ClN3O3S. The second-order valence-electron chi connectivity index (χ2n) is 8.28. The van der Waals surface area contributed by atoms with Crippen molar-refractivity contribution in [3.8, 4) is 17.2 Å². The van der Waals surface area contributed by atoms with Crippen LogP contribution in [0.15, 0.2) is 42.5 Å². The lowest BCUT2D eigenvalue weighted by Gasteiger charge is -2.18. The number of ether oxygens (including phenoxy) is 2. The fourth-order valence-corrected chi connectivity index (χ4v) is 5.17. The lowest BCUT2D eigenvalue weighted by molar-refractivity contribution is -0.118. The average Bonchev–Trinajstić information content (AvgIpc) is 3.39. The van der Waals surface area contributed by atoms with Crippen LogP contribution in [0.3, 0.4) is 0 Å². The van der Waals surface area contributed by atoms with Gasteiger partial charge in [0.15, 0.2) is 18.1 Å². The fourth-order valence-electron chi connectivity index (χ4n) is 3.95. The summed E-state index contributed by atoms with van der Waals surface area (Å²) in [5.74, 6) is 3.36. The van der Waals surface area contributed by atoms with E-state index < -0.39 is 0 Å².